The third-order valence-electron chi connectivity index (χ3n) is 5.63. The fourth-order valence-corrected chi connectivity index (χ4v) is 3.96. The molecule has 5 nitrogen and oxygen atoms in total. The monoisotopic (exact) mass is 344 g/mol. The van der Waals surface area contributed by atoms with Gasteiger partial charge in [0.25, 0.3) is 0 Å². The van der Waals surface area contributed by atoms with Gasteiger partial charge in [-0.15, -0.1) is 0 Å². The standard InChI is InChI=1S/C20H28N2O3/c23-19(24)18-10-12-22(13-11-18)20(25)21-14-15-6-8-17(9-7-15)16-4-2-1-3-5-16/h6-9,16,18H,1-5,10-14H2,(H,21,25)(H,23,24). The lowest BCUT2D eigenvalue weighted by molar-refractivity contribution is -0.143. The van der Waals surface area contributed by atoms with E-state index in [9.17, 15) is 9.59 Å². The predicted molar refractivity (Wildman–Crippen MR) is 96.4 cm³/mol. The summed E-state index contributed by atoms with van der Waals surface area (Å²) in [6.07, 6.45) is 7.70. The number of piperidine rings is 1. The highest BCUT2D eigenvalue weighted by molar-refractivity contribution is 5.75. The SMILES string of the molecule is O=C(O)C1CCN(C(=O)NCc2ccc(C3CCCCC3)cc2)CC1. The number of carbonyl (C=O) groups is 2. The van der Waals surface area contributed by atoms with E-state index in [4.69, 9.17) is 5.11 Å². The number of rotatable bonds is 4. The summed E-state index contributed by atoms with van der Waals surface area (Å²) in [6.45, 7) is 1.55. The summed E-state index contributed by atoms with van der Waals surface area (Å²) in [7, 11) is 0. The van der Waals surface area contributed by atoms with E-state index >= 15 is 0 Å². The van der Waals surface area contributed by atoms with Crippen molar-refractivity contribution in [3.8, 4) is 0 Å². The molecule has 0 atom stereocenters. The molecule has 1 heterocycles. The Balaban J connectivity index is 1.45. The zero-order valence-electron chi connectivity index (χ0n) is 14.7. The number of hydrogen-bond donors (Lipinski definition) is 2. The van der Waals surface area contributed by atoms with Crippen LogP contribution in [0.4, 0.5) is 4.79 Å². The Hall–Kier alpha value is -2.04. The van der Waals surface area contributed by atoms with Gasteiger partial charge in [0.1, 0.15) is 0 Å². The first-order valence-corrected chi connectivity index (χ1v) is 9.48. The Morgan fingerprint density at radius 3 is 2.24 bits per heavy atom. The van der Waals surface area contributed by atoms with E-state index in [-0.39, 0.29) is 11.9 Å². The molecular formula is C20H28N2O3. The zero-order valence-corrected chi connectivity index (χ0v) is 14.7. The molecule has 0 bridgehead atoms. The molecule has 2 aliphatic rings. The van der Waals surface area contributed by atoms with Crippen molar-refractivity contribution in [3.63, 3.8) is 0 Å². The number of benzene rings is 1. The summed E-state index contributed by atoms with van der Waals surface area (Å²) in [5.74, 6) is -0.359. The lowest BCUT2D eigenvalue weighted by Crippen LogP contribution is -2.45. The maximum Gasteiger partial charge on any atom is 0.317 e. The molecule has 0 spiro atoms. The van der Waals surface area contributed by atoms with Crippen molar-refractivity contribution in [2.45, 2.75) is 57.4 Å². The van der Waals surface area contributed by atoms with Gasteiger partial charge in [0.05, 0.1) is 5.92 Å². The Labute approximate surface area is 149 Å². The summed E-state index contributed by atoms with van der Waals surface area (Å²) in [4.78, 5) is 24.9. The average Bonchev–Trinajstić information content (AvgIpc) is 2.67. The maximum atomic E-state index is 12.2. The second-order valence-corrected chi connectivity index (χ2v) is 7.33. The van der Waals surface area contributed by atoms with E-state index in [1.807, 2.05) is 0 Å². The molecule has 1 saturated heterocycles. The number of amides is 2. The summed E-state index contributed by atoms with van der Waals surface area (Å²) in [5.41, 5.74) is 2.53. The normalized spacial score (nSPS) is 19.6. The van der Waals surface area contributed by atoms with E-state index in [1.54, 1.807) is 4.90 Å². The van der Waals surface area contributed by atoms with Crippen LogP contribution in [0, 0.1) is 5.92 Å². The minimum absolute atomic E-state index is 0.0970. The second-order valence-electron chi connectivity index (χ2n) is 7.33. The largest absolute Gasteiger partial charge is 0.481 e. The average molecular weight is 344 g/mol. The van der Waals surface area contributed by atoms with Gasteiger partial charge in [0.15, 0.2) is 0 Å². The van der Waals surface area contributed by atoms with Crippen LogP contribution in [0.25, 0.3) is 0 Å². The molecule has 2 N–H and O–H groups in total. The van der Waals surface area contributed by atoms with E-state index in [0.717, 1.165) is 5.56 Å². The Morgan fingerprint density at radius 1 is 1.00 bits per heavy atom. The second kappa shape index (κ2) is 8.37. The third kappa shape index (κ3) is 4.74. The molecule has 1 aromatic carbocycles. The molecule has 136 valence electrons. The number of urea groups is 1. The molecule has 2 amide bonds. The van der Waals surface area contributed by atoms with Gasteiger partial charge in [-0.2, -0.15) is 0 Å². The van der Waals surface area contributed by atoms with Crippen LogP contribution in [0.3, 0.4) is 0 Å². The molecule has 25 heavy (non-hydrogen) atoms. The van der Waals surface area contributed by atoms with Gasteiger partial charge in [-0.3, -0.25) is 4.79 Å². The summed E-state index contributed by atoms with van der Waals surface area (Å²) >= 11 is 0. The molecule has 0 radical (unpaired) electrons. The van der Waals surface area contributed by atoms with Crippen LogP contribution in [0.1, 0.15) is 62.0 Å². The smallest absolute Gasteiger partial charge is 0.317 e. The molecule has 1 aromatic rings. The molecule has 0 aromatic heterocycles. The van der Waals surface area contributed by atoms with Crippen molar-refractivity contribution >= 4 is 12.0 Å². The van der Waals surface area contributed by atoms with Gasteiger partial charge in [0, 0.05) is 19.6 Å². The highest BCUT2D eigenvalue weighted by atomic mass is 16.4. The maximum absolute atomic E-state index is 12.2. The minimum atomic E-state index is -0.752. The molecule has 1 aliphatic carbocycles. The Kier molecular flexibility index (Phi) is 5.95. The topological polar surface area (TPSA) is 69.6 Å². The van der Waals surface area contributed by atoms with Crippen LogP contribution in [-0.2, 0) is 11.3 Å². The van der Waals surface area contributed by atoms with Crippen LogP contribution >= 0.6 is 0 Å². The zero-order chi connectivity index (χ0) is 17.6. The van der Waals surface area contributed by atoms with Crippen molar-refractivity contribution < 1.29 is 14.7 Å². The molecule has 1 saturated carbocycles. The van der Waals surface area contributed by atoms with Gasteiger partial charge in [-0.1, -0.05) is 43.5 Å². The number of nitrogens with one attached hydrogen (secondary N) is 1. The van der Waals surface area contributed by atoms with Crippen LogP contribution in [-0.4, -0.2) is 35.1 Å². The fourth-order valence-electron chi connectivity index (χ4n) is 3.96. The molecule has 0 unspecified atom stereocenters. The van der Waals surface area contributed by atoms with Gasteiger partial charge in [-0.05, 0) is 42.7 Å². The van der Waals surface area contributed by atoms with E-state index in [2.05, 4.69) is 29.6 Å². The summed E-state index contributed by atoms with van der Waals surface area (Å²) in [6, 6.07) is 8.54. The number of hydrogen-bond acceptors (Lipinski definition) is 2. The first-order valence-electron chi connectivity index (χ1n) is 9.48. The van der Waals surface area contributed by atoms with Crippen molar-refractivity contribution in [1.82, 2.24) is 10.2 Å². The van der Waals surface area contributed by atoms with Gasteiger partial charge >= 0.3 is 12.0 Å². The summed E-state index contributed by atoms with van der Waals surface area (Å²) in [5, 5.41) is 12.0. The minimum Gasteiger partial charge on any atom is -0.481 e. The number of carbonyl (C=O) groups excluding carboxylic acids is 1. The van der Waals surface area contributed by atoms with Crippen molar-refractivity contribution in [2.24, 2.45) is 5.92 Å². The molecule has 1 aliphatic heterocycles. The van der Waals surface area contributed by atoms with Crippen molar-refractivity contribution in [1.29, 1.82) is 0 Å². The van der Waals surface area contributed by atoms with Crippen molar-refractivity contribution in [3.05, 3.63) is 35.4 Å². The first-order chi connectivity index (χ1) is 12.1. The highest BCUT2D eigenvalue weighted by Gasteiger charge is 2.26. The highest BCUT2D eigenvalue weighted by Crippen LogP contribution is 2.32. The van der Waals surface area contributed by atoms with E-state index < -0.39 is 5.97 Å². The van der Waals surface area contributed by atoms with Crippen LogP contribution < -0.4 is 5.32 Å². The molecular weight excluding hydrogens is 316 g/mol. The number of carboxylic acid groups (broad SMARTS) is 1. The number of carboxylic acids is 1. The fraction of sp³-hybridized carbons (Fsp3) is 0.600. The molecule has 3 rings (SSSR count). The summed E-state index contributed by atoms with van der Waals surface area (Å²) < 4.78 is 0. The number of likely N-dealkylation sites (tertiary alicyclic amines) is 1. The Bertz CT molecular complexity index is 585. The van der Waals surface area contributed by atoms with Gasteiger partial charge in [-0.25, -0.2) is 4.79 Å². The molecule has 2 fully saturated rings. The van der Waals surface area contributed by atoms with Crippen LogP contribution in [0.15, 0.2) is 24.3 Å². The quantitative estimate of drug-likeness (QED) is 0.874. The van der Waals surface area contributed by atoms with Crippen LogP contribution in [0.2, 0.25) is 0 Å². The lowest BCUT2D eigenvalue weighted by Gasteiger charge is -2.30. The Morgan fingerprint density at radius 2 is 1.64 bits per heavy atom. The van der Waals surface area contributed by atoms with Gasteiger partial charge < -0.3 is 15.3 Å². The lowest BCUT2D eigenvalue weighted by atomic mass is 9.84. The molecule has 5 heteroatoms. The van der Waals surface area contributed by atoms with Crippen LogP contribution in [0.5, 0.6) is 0 Å². The van der Waals surface area contributed by atoms with E-state index in [1.165, 1.54) is 37.7 Å². The number of aliphatic carboxylic acids is 1. The number of nitrogens with zero attached hydrogens (tertiary/aromatic N) is 1. The van der Waals surface area contributed by atoms with E-state index in [0.29, 0.717) is 38.4 Å². The van der Waals surface area contributed by atoms with Crippen molar-refractivity contribution in [2.75, 3.05) is 13.1 Å². The predicted octanol–water partition coefficient (Wildman–Crippen LogP) is 3.74. The van der Waals surface area contributed by atoms with Gasteiger partial charge in [0.2, 0.25) is 0 Å². The third-order valence-corrected chi connectivity index (χ3v) is 5.63. The first kappa shape index (κ1) is 17.8.